The van der Waals surface area contributed by atoms with Crippen LogP contribution in [0.1, 0.15) is 29.2 Å². The molecule has 0 aliphatic heterocycles. The Balaban J connectivity index is 1.65. The average molecular weight is 361 g/mol. The molecular formula is C20H19N5O2. The van der Waals surface area contributed by atoms with Gasteiger partial charge in [0, 0.05) is 30.7 Å². The molecule has 3 N–H and O–H groups in total. The van der Waals surface area contributed by atoms with Gasteiger partial charge in [-0.1, -0.05) is 18.2 Å². The van der Waals surface area contributed by atoms with Crippen LogP contribution in [0.15, 0.2) is 54.9 Å². The van der Waals surface area contributed by atoms with E-state index < -0.39 is 6.10 Å². The molecule has 2 aromatic heterocycles. The normalized spacial score (nSPS) is 12.3. The molecule has 2 aromatic carbocycles. The smallest absolute Gasteiger partial charge is 0.256 e. The van der Waals surface area contributed by atoms with E-state index in [9.17, 15) is 9.90 Å². The Kier molecular flexibility index (Phi) is 4.21. The lowest BCUT2D eigenvalue weighted by molar-refractivity contribution is 0.102. The number of carbonyl (C=O) groups excluding carboxylic acids is 1. The number of hydrogen-bond acceptors (Lipinski definition) is 4. The molecule has 7 heteroatoms. The highest BCUT2D eigenvalue weighted by atomic mass is 16.3. The molecule has 27 heavy (non-hydrogen) atoms. The number of amides is 1. The number of aromatic amines is 1. The number of anilines is 1. The fourth-order valence-corrected chi connectivity index (χ4v) is 3.00. The predicted molar refractivity (Wildman–Crippen MR) is 103 cm³/mol. The minimum Gasteiger partial charge on any atom is -0.385 e. The van der Waals surface area contributed by atoms with E-state index in [0.717, 1.165) is 22.4 Å². The Hall–Kier alpha value is -3.45. The molecule has 4 aromatic rings. The third-order valence-electron chi connectivity index (χ3n) is 4.39. The number of aliphatic hydroxyl groups is 1. The van der Waals surface area contributed by atoms with Crippen LogP contribution in [0, 0.1) is 0 Å². The van der Waals surface area contributed by atoms with Crippen molar-refractivity contribution in [2.75, 3.05) is 5.32 Å². The van der Waals surface area contributed by atoms with Gasteiger partial charge < -0.3 is 20.0 Å². The highest BCUT2D eigenvalue weighted by Crippen LogP contribution is 2.24. The van der Waals surface area contributed by atoms with Gasteiger partial charge in [0.15, 0.2) is 0 Å². The maximum absolute atomic E-state index is 12.9. The molecule has 0 bridgehead atoms. The number of benzene rings is 2. The summed E-state index contributed by atoms with van der Waals surface area (Å²) >= 11 is 0. The van der Waals surface area contributed by atoms with E-state index >= 15 is 0 Å². The van der Waals surface area contributed by atoms with E-state index in [0.29, 0.717) is 17.1 Å². The number of aryl methyl sites for hydroxylation is 1. The number of carbonyl (C=O) groups is 1. The summed E-state index contributed by atoms with van der Waals surface area (Å²) in [4.78, 5) is 24.6. The Morgan fingerprint density at radius 3 is 2.81 bits per heavy atom. The van der Waals surface area contributed by atoms with Gasteiger partial charge in [-0.05, 0) is 31.2 Å². The van der Waals surface area contributed by atoms with Crippen LogP contribution in [0.5, 0.6) is 0 Å². The first kappa shape index (κ1) is 17.0. The molecule has 2 heterocycles. The predicted octanol–water partition coefficient (Wildman–Crippen LogP) is 3.27. The number of aliphatic hydroxyl groups excluding tert-OH is 1. The maximum Gasteiger partial charge on any atom is 0.256 e. The number of rotatable bonds is 4. The minimum absolute atomic E-state index is 0.219. The lowest BCUT2D eigenvalue weighted by atomic mass is 10.1. The highest BCUT2D eigenvalue weighted by Gasteiger charge is 2.16. The molecular weight excluding hydrogens is 342 g/mol. The van der Waals surface area contributed by atoms with Crippen molar-refractivity contribution < 1.29 is 9.90 Å². The number of H-pyrrole nitrogens is 1. The maximum atomic E-state index is 12.9. The molecule has 0 fully saturated rings. The van der Waals surface area contributed by atoms with Gasteiger partial charge in [0.25, 0.3) is 5.91 Å². The van der Waals surface area contributed by atoms with Crippen molar-refractivity contribution in [3.05, 3.63) is 66.2 Å². The van der Waals surface area contributed by atoms with Crippen molar-refractivity contribution in [1.29, 1.82) is 0 Å². The topological polar surface area (TPSA) is 95.8 Å². The Labute approximate surface area is 155 Å². The second kappa shape index (κ2) is 6.69. The second-order valence-corrected chi connectivity index (χ2v) is 6.39. The van der Waals surface area contributed by atoms with Crippen LogP contribution in [0.2, 0.25) is 0 Å². The van der Waals surface area contributed by atoms with Crippen LogP contribution in [0.4, 0.5) is 5.69 Å². The number of imidazole rings is 2. The molecule has 136 valence electrons. The summed E-state index contributed by atoms with van der Waals surface area (Å²) < 4.78 is 1.88. The van der Waals surface area contributed by atoms with Gasteiger partial charge in [-0.3, -0.25) is 4.79 Å². The van der Waals surface area contributed by atoms with Gasteiger partial charge in [-0.15, -0.1) is 0 Å². The van der Waals surface area contributed by atoms with E-state index in [4.69, 9.17) is 0 Å². The lowest BCUT2D eigenvalue weighted by Gasteiger charge is -2.10. The van der Waals surface area contributed by atoms with Crippen LogP contribution in [0.25, 0.3) is 22.4 Å². The molecule has 0 spiro atoms. The zero-order chi connectivity index (χ0) is 19.0. The molecule has 1 atom stereocenters. The van der Waals surface area contributed by atoms with E-state index in [2.05, 4.69) is 20.3 Å². The number of aromatic nitrogens is 4. The van der Waals surface area contributed by atoms with Gasteiger partial charge in [-0.25, -0.2) is 9.97 Å². The molecule has 0 saturated heterocycles. The number of nitrogens with one attached hydrogen (secondary N) is 2. The minimum atomic E-state index is -0.680. The van der Waals surface area contributed by atoms with Crippen molar-refractivity contribution in [2.45, 2.75) is 13.0 Å². The zero-order valence-electron chi connectivity index (χ0n) is 15.0. The standard InChI is InChI=1S/C20H19N5O2/c1-12(26)18-23-16-8-7-13(11-17(16)24-18)22-20(27)15-6-4-3-5-14(15)19-21-9-10-25(19)2/h3-12,26H,1-2H3,(H,22,27)(H,23,24). The van der Waals surface area contributed by atoms with Crippen LogP contribution in [-0.4, -0.2) is 30.5 Å². The monoisotopic (exact) mass is 361 g/mol. The lowest BCUT2D eigenvalue weighted by Crippen LogP contribution is -2.13. The second-order valence-electron chi connectivity index (χ2n) is 6.39. The highest BCUT2D eigenvalue weighted by molar-refractivity contribution is 6.08. The molecule has 1 unspecified atom stereocenters. The van der Waals surface area contributed by atoms with Crippen LogP contribution in [0.3, 0.4) is 0 Å². The third-order valence-corrected chi connectivity index (χ3v) is 4.39. The summed E-state index contributed by atoms with van der Waals surface area (Å²) in [6.45, 7) is 1.65. The molecule has 4 rings (SSSR count). The average Bonchev–Trinajstić information content (AvgIpc) is 3.27. The van der Waals surface area contributed by atoms with E-state index in [1.54, 1.807) is 37.4 Å². The summed E-state index contributed by atoms with van der Waals surface area (Å²) in [6, 6.07) is 12.8. The first-order valence-corrected chi connectivity index (χ1v) is 8.59. The Morgan fingerprint density at radius 1 is 1.26 bits per heavy atom. The van der Waals surface area contributed by atoms with Gasteiger partial charge in [0.2, 0.25) is 0 Å². The Bertz CT molecular complexity index is 1130. The quantitative estimate of drug-likeness (QED) is 0.520. The van der Waals surface area contributed by atoms with Gasteiger partial charge in [-0.2, -0.15) is 0 Å². The Morgan fingerprint density at radius 2 is 2.07 bits per heavy atom. The first-order chi connectivity index (χ1) is 13.0. The molecule has 0 saturated carbocycles. The van der Waals surface area contributed by atoms with Gasteiger partial charge in [0.05, 0.1) is 16.6 Å². The van der Waals surface area contributed by atoms with Crippen molar-refractivity contribution in [2.24, 2.45) is 7.05 Å². The molecule has 7 nitrogen and oxygen atoms in total. The third kappa shape index (κ3) is 3.20. The fourth-order valence-electron chi connectivity index (χ4n) is 3.00. The van der Waals surface area contributed by atoms with E-state index in [-0.39, 0.29) is 5.91 Å². The fraction of sp³-hybridized carbons (Fsp3) is 0.150. The van der Waals surface area contributed by atoms with Crippen molar-refractivity contribution >= 4 is 22.6 Å². The van der Waals surface area contributed by atoms with E-state index in [1.807, 2.05) is 36.0 Å². The van der Waals surface area contributed by atoms with Gasteiger partial charge >= 0.3 is 0 Å². The van der Waals surface area contributed by atoms with Crippen molar-refractivity contribution in [3.8, 4) is 11.4 Å². The van der Waals surface area contributed by atoms with Crippen molar-refractivity contribution in [1.82, 2.24) is 19.5 Å². The molecule has 0 aliphatic carbocycles. The van der Waals surface area contributed by atoms with Crippen LogP contribution in [-0.2, 0) is 7.05 Å². The summed E-state index contributed by atoms with van der Waals surface area (Å²) in [6.07, 6.45) is 2.87. The molecule has 0 radical (unpaired) electrons. The van der Waals surface area contributed by atoms with Crippen molar-refractivity contribution in [3.63, 3.8) is 0 Å². The summed E-state index contributed by atoms with van der Waals surface area (Å²) in [5, 5.41) is 12.6. The summed E-state index contributed by atoms with van der Waals surface area (Å²) in [5.74, 6) is 1.00. The molecule has 1 amide bonds. The first-order valence-electron chi connectivity index (χ1n) is 8.59. The summed E-state index contributed by atoms with van der Waals surface area (Å²) in [7, 11) is 1.89. The SMILES string of the molecule is CC(O)c1nc2ccc(NC(=O)c3ccccc3-c3nccn3C)cc2[nH]1. The molecule has 0 aliphatic rings. The largest absolute Gasteiger partial charge is 0.385 e. The number of hydrogen-bond donors (Lipinski definition) is 3. The van der Waals surface area contributed by atoms with E-state index in [1.165, 1.54) is 0 Å². The number of nitrogens with zero attached hydrogens (tertiary/aromatic N) is 3. The van der Waals surface area contributed by atoms with Crippen LogP contribution >= 0.6 is 0 Å². The van der Waals surface area contributed by atoms with Crippen LogP contribution < -0.4 is 5.32 Å². The van der Waals surface area contributed by atoms with Gasteiger partial charge in [0.1, 0.15) is 17.8 Å². The zero-order valence-corrected chi connectivity index (χ0v) is 15.0. The summed E-state index contributed by atoms with van der Waals surface area (Å²) in [5.41, 5.74) is 3.43. The number of fused-ring (bicyclic) bond motifs is 1.